The summed E-state index contributed by atoms with van der Waals surface area (Å²) in [6, 6.07) is -0.0615. The molecule has 0 saturated heterocycles. The summed E-state index contributed by atoms with van der Waals surface area (Å²) in [7, 11) is 0. The van der Waals surface area contributed by atoms with E-state index in [4.69, 9.17) is 0 Å². The number of alkyl halides is 2. The second-order valence-corrected chi connectivity index (χ2v) is 6.79. The Morgan fingerprint density at radius 3 is 2.59 bits per heavy atom. The molecule has 0 aromatic carbocycles. The fraction of sp³-hybridized carbons (Fsp3) is 0.500. The first-order valence-electron chi connectivity index (χ1n) is 8.90. The van der Waals surface area contributed by atoms with Crippen LogP contribution in [0.3, 0.4) is 0 Å². The van der Waals surface area contributed by atoms with Crippen LogP contribution in [0.1, 0.15) is 56.0 Å². The van der Waals surface area contributed by atoms with Gasteiger partial charge in [-0.05, 0) is 19.3 Å². The lowest BCUT2D eigenvalue weighted by Crippen LogP contribution is -2.35. The Hall–Kier alpha value is -2.71. The molecular weight excluding hydrogens is 356 g/mol. The third kappa shape index (κ3) is 4.72. The summed E-state index contributed by atoms with van der Waals surface area (Å²) in [4.78, 5) is 37.0. The van der Waals surface area contributed by atoms with Crippen LogP contribution in [0.25, 0.3) is 0 Å². The molecule has 7 nitrogen and oxygen atoms in total. The molecule has 1 fully saturated rings. The van der Waals surface area contributed by atoms with Gasteiger partial charge < -0.3 is 5.32 Å². The number of aromatic nitrogens is 4. The van der Waals surface area contributed by atoms with Gasteiger partial charge in [0.1, 0.15) is 11.7 Å². The number of carbonyl (C=O) groups excluding carboxylic acids is 1. The zero-order valence-corrected chi connectivity index (χ0v) is 14.9. The highest BCUT2D eigenvalue weighted by Crippen LogP contribution is 2.32. The molecule has 1 unspecified atom stereocenters. The molecule has 1 atom stereocenters. The second-order valence-electron chi connectivity index (χ2n) is 6.79. The van der Waals surface area contributed by atoms with E-state index in [2.05, 4.69) is 20.3 Å². The predicted octanol–water partition coefficient (Wildman–Crippen LogP) is 3.04. The van der Waals surface area contributed by atoms with Crippen molar-refractivity contribution in [2.75, 3.05) is 5.32 Å². The van der Waals surface area contributed by atoms with Gasteiger partial charge in [-0.3, -0.25) is 19.1 Å². The zero-order valence-electron chi connectivity index (χ0n) is 14.9. The molecule has 0 aliphatic heterocycles. The van der Waals surface area contributed by atoms with E-state index < -0.39 is 29.6 Å². The van der Waals surface area contributed by atoms with Crippen molar-refractivity contribution in [3.8, 4) is 0 Å². The number of rotatable bonds is 6. The van der Waals surface area contributed by atoms with Gasteiger partial charge in [-0.1, -0.05) is 25.7 Å². The molecule has 144 valence electrons. The van der Waals surface area contributed by atoms with E-state index in [0.29, 0.717) is 18.0 Å². The molecule has 9 heteroatoms. The third-order valence-corrected chi connectivity index (χ3v) is 4.78. The fourth-order valence-electron chi connectivity index (χ4n) is 3.35. The number of carbonyl (C=O) groups is 1. The van der Waals surface area contributed by atoms with Gasteiger partial charge in [-0.15, -0.1) is 0 Å². The van der Waals surface area contributed by atoms with Crippen LogP contribution < -0.4 is 10.9 Å². The van der Waals surface area contributed by atoms with Crippen molar-refractivity contribution in [2.24, 2.45) is 5.92 Å². The number of anilines is 1. The lowest BCUT2D eigenvalue weighted by molar-refractivity contribution is -0.119. The Morgan fingerprint density at radius 1 is 1.26 bits per heavy atom. The van der Waals surface area contributed by atoms with Gasteiger partial charge in [-0.25, -0.2) is 18.7 Å². The number of amides is 1. The summed E-state index contributed by atoms with van der Waals surface area (Å²) in [6.45, 7) is 1.78. The van der Waals surface area contributed by atoms with Crippen LogP contribution in [0.15, 0.2) is 29.6 Å². The van der Waals surface area contributed by atoms with Crippen molar-refractivity contribution in [3.05, 3.63) is 46.5 Å². The van der Waals surface area contributed by atoms with Gasteiger partial charge in [0.2, 0.25) is 5.91 Å². The Balaban J connectivity index is 1.87. The maximum absolute atomic E-state index is 12.8. The molecule has 2 aromatic rings. The number of halogens is 2. The zero-order chi connectivity index (χ0) is 19.4. The molecule has 1 aliphatic rings. The van der Waals surface area contributed by atoms with Crippen LogP contribution in [0.5, 0.6) is 0 Å². The average Bonchev–Trinajstić information content (AvgIpc) is 3.15. The molecule has 3 rings (SSSR count). The number of aryl methyl sites for hydroxylation is 1. The van der Waals surface area contributed by atoms with Crippen LogP contribution in [0, 0.1) is 12.8 Å². The van der Waals surface area contributed by atoms with E-state index in [0.717, 1.165) is 42.6 Å². The van der Waals surface area contributed by atoms with Crippen molar-refractivity contribution in [2.45, 2.75) is 51.5 Å². The quantitative estimate of drug-likeness (QED) is 0.836. The van der Waals surface area contributed by atoms with Crippen molar-refractivity contribution in [1.29, 1.82) is 0 Å². The third-order valence-electron chi connectivity index (χ3n) is 4.78. The van der Waals surface area contributed by atoms with Crippen molar-refractivity contribution < 1.29 is 13.6 Å². The predicted molar refractivity (Wildman–Crippen MR) is 94.5 cm³/mol. The van der Waals surface area contributed by atoms with Gasteiger partial charge in [0.15, 0.2) is 5.82 Å². The van der Waals surface area contributed by atoms with E-state index >= 15 is 0 Å². The van der Waals surface area contributed by atoms with Crippen molar-refractivity contribution >= 4 is 11.7 Å². The first-order valence-corrected chi connectivity index (χ1v) is 8.90. The fourth-order valence-corrected chi connectivity index (χ4v) is 3.35. The maximum Gasteiger partial charge on any atom is 0.280 e. The van der Waals surface area contributed by atoms with E-state index in [1.807, 2.05) is 0 Å². The Kier molecular flexibility index (Phi) is 5.88. The van der Waals surface area contributed by atoms with Gasteiger partial charge in [0.25, 0.3) is 12.0 Å². The molecule has 0 spiro atoms. The number of nitrogens with zero attached hydrogens (tertiary/aromatic N) is 4. The highest BCUT2D eigenvalue weighted by atomic mass is 19.3. The summed E-state index contributed by atoms with van der Waals surface area (Å²) >= 11 is 0. The first-order chi connectivity index (χ1) is 12.9. The van der Waals surface area contributed by atoms with Gasteiger partial charge in [-0.2, -0.15) is 0 Å². The van der Waals surface area contributed by atoms with Crippen LogP contribution in [0.2, 0.25) is 0 Å². The Bertz CT molecular complexity index is 848. The SMILES string of the molecule is Cc1cnc(NC(=O)C(CC2CCCC2)n2cnc(C(F)F)cc2=O)cn1. The lowest BCUT2D eigenvalue weighted by atomic mass is 9.97. The summed E-state index contributed by atoms with van der Waals surface area (Å²) in [5.74, 6) is 0.132. The van der Waals surface area contributed by atoms with Crippen molar-refractivity contribution in [3.63, 3.8) is 0 Å². The average molecular weight is 377 g/mol. The molecule has 1 saturated carbocycles. The summed E-state index contributed by atoms with van der Waals surface area (Å²) < 4.78 is 26.7. The summed E-state index contributed by atoms with van der Waals surface area (Å²) in [5, 5.41) is 2.66. The molecule has 0 bridgehead atoms. The molecule has 27 heavy (non-hydrogen) atoms. The molecule has 2 heterocycles. The minimum atomic E-state index is -2.84. The topological polar surface area (TPSA) is 89.8 Å². The van der Waals surface area contributed by atoms with Gasteiger partial charge in [0, 0.05) is 6.07 Å². The number of hydrogen-bond acceptors (Lipinski definition) is 5. The van der Waals surface area contributed by atoms with Crippen molar-refractivity contribution in [1.82, 2.24) is 19.5 Å². The van der Waals surface area contributed by atoms with Crippen LogP contribution in [0.4, 0.5) is 14.6 Å². The van der Waals surface area contributed by atoms with E-state index in [1.54, 1.807) is 6.92 Å². The largest absolute Gasteiger partial charge is 0.308 e. The molecular formula is C18H21F2N5O2. The monoisotopic (exact) mass is 377 g/mol. The molecule has 1 aliphatic carbocycles. The van der Waals surface area contributed by atoms with Gasteiger partial charge in [0.05, 0.1) is 24.4 Å². The Labute approximate surface area is 154 Å². The molecule has 2 aromatic heterocycles. The van der Waals surface area contributed by atoms with E-state index in [-0.39, 0.29) is 5.82 Å². The summed E-state index contributed by atoms with van der Waals surface area (Å²) in [5.41, 5.74) is -0.562. The lowest BCUT2D eigenvalue weighted by Gasteiger charge is -2.22. The minimum absolute atomic E-state index is 0.271. The van der Waals surface area contributed by atoms with Gasteiger partial charge >= 0.3 is 0 Å². The number of hydrogen-bond donors (Lipinski definition) is 1. The van der Waals surface area contributed by atoms with Crippen LogP contribution >= 0.6 is 0 Å². The molecule has 1 amide bonds. The molecule has 0 radical (unpaired) electrons. The number of nitrogens with one attached hydrogen (secondary N) is 1. The standard InChI is InChI=1S/C18H21F2N5O2/c1-11-8-22-15(9-21-11)24-18(27)14(6-12-4-2-3-5-12)25-10-23-13(17(19)20)7-16(25)26/h7-10,12,14,17H,2-6H2,1H3,(H,22,24,27). The Morgan fingerprint density at radius 2 is 2.00 bits per heavy atom. The van der Waals surface area contributed by atoms with Crippen LogP contribution in [-0.4, -0.2) is 25.4 Å². The highest BCUT2D eigenvalue weighted by molar-refractivity contribution is 5.92. The normalized spacial score (nSPS) is 15.9. The smallest absolute Gasteiger partial charge is 0.280 e. The maximum atomic E-state index is 12.8. The minimum Gasteiger partial charge on any atom is -0.308 e. The van der Waals surface area contributed by atoms with Crippen LogP contribution in [-0.2, 0) is 4.79 Å². The first kappa shape index (κ1) is 19.1. The second kappa shape index (κ2) is 8.32. The molecule has 1 N–H and O–H groups in total. The van der Waals surface area contributed by atoms with E-state index in [1.165, 1.54) is 12.4 Å². The summed E-state index contributed by atoms with van der Waals surface area (Å²) in [6.07, 6.45) is 5.71. The van der Waals surface area contributed by atoms with E-state index in [9.17, 15) is 18.4 Å². The highest BCUT2D eigenvalue weighted by Gasteiger charge is 2.28.